The third kappa shape index (κ3) is 3.59. The Balaban J connectivity index is 2.04. The zero-order valence-electron chi connectivity index (χ0n) is 11.4. The number of halogens is 1. The summed E-state index contributed by atoms with van der Waals surface area (Å²) in [6, 6.07) is 4.86. The molecule has 4 N–H and O–H groups in total. The molecule has 0 spiro atoms. The molecule has 112 valence electrons. The van der Waals surface area contributed by atoms with E-state index in [0.29, 0.717) is 21.6 Å². The Hall–Kier alpha value is -1.93. The molecule has 1 unspecified atom stereocenters. The average molecular weight is 328 g/mol. The fourth-order valence-electron chi connectivity index (χ4n) is 1.51. The van der Waals surface area contributed by atoms with Gasteiger partial charge in [-0.3, -0.25) is 9.36 Å². The standard InChI is InChI=1S/C12H14ClN5O2S/c1-6(21-12-17-16-11(20)18(12)2)10(19)15-7-3-4-8(13)9(14)5-7/h3-6H,14H2,1-2H3,(H,15,19)(H,16,20). The van der Waals surface area contributed by atoms with Crippen LogP contribution >= 0.6 is 23.4 Å². The highest BCUT2D eigenvalue weighted by atomic mass is 35.5. The van der Waals surface area contributed by atoms with Gasteiger partial charge in [0.05, 0.1) is 16.0 Å². The van der Waals surface area contributed by atoms with Crippen LogP contribution in [0.1, 0.15) is 6.92 Å². The van der Waals surface area contributed by atoms with E-state index in [9.17, 15) is 9.59 Å². The molecule has 9 heteroatoms. The second-order valence-corrected chi connectivity index (χ2v) is 6.07. The average Bonchev–Trinajstić information content (AvgIpc) is 2.75. The van der Waals surface area contributed by atoms with Crippen molar-refractivity contribution < 1.29 is 4.79 Å². The zero-order chi connectivity index (χ0) is 15.6. The lowest BCUT2D eigenvalue weighted by molar-refractivity contribution is -0.115. The Bertz CT molecular complexity index is 727. The van der Waals surface area contributed by atoms with E-state index < -0.39 is 5.25 Å². The number of aromatic amines is 1. The molecule has 2 aromatic rings. The van der Waals surface area contributed by atoms with Crippen molar-refractivity contribution in [1.82, 2.24) is 14.8 Å². The van der Waals surface area contributed by atoms with E-state index in [1.54, 1.807) is 32.2 Å². The predicted molar refractivity (Wildman–Crippen MR) is 83.6 cm³/mol. The summed E-state index contributed by atoms with van der Waals surface area (Å²) in [5, 5.41) is 9.33. The summed E-state index contributed by atoms with van der Waals surface area (Å²) in [6.07, 6.45) is 0. The van der Waals surface area contributed by atoms with Gasteiger partial charge in [0.15, 0.2) is 5.16 Å². The molecule has 0 radical (unpaired) electrons. The molecule has 1 heterocycles. The molecule has 1 aromatic carbocycles. The fourth-order valence-corrected chi connectivity index (χ4v) is 2.45. The van der Waals surface area contributed by atoms with Crippen LogP contribution in [0.15, 0.2) is 28.2 Å². The van der Waals surface area contributed by atoms with Crippen LogP contribution in [0, 0.1) is 0 Å². The van der Waals surface area contributed by atoms with Crippen molar-refractivity contribution in [2.75, 3.05) is 11.1 Å². The maximum atomic E-state index is 12.1. The van der Waals surface area contributed by atoms with E-state index in [1.807, 2.05) is 0 Å². The van der Waals surface area contributed by atoms with Crippen LogP contribution in [-0.2, 0) is 11.8 Å². The number of amides is 1. The first-order chi connectivity index (χ1) is 9.88. The van der Waals surface area contributed by atoms with Gasteiger partial charge in [0, 0.05) is 12.7 Å². The van der Waals surface area contributed by atoms with Gasteiger partial charge in [0.2, 0.25) is 5.91 Å². The summed E-state index contributed by atoms with van der Waals surface area (Å²) in [5.74, 6) is -0.225. The van der Waals surface area contributed by atoms with Gasteiger partial charge >= 0.3 is 5.69 Å². The van der Waals surface area contributed by atoms with Gasteiger partial charge in [0.1, 0.15) is 0 Å². The summed E-state index contributed by atoms with van der Waals surface area (Å²) in [5.41, 5.74) is 6.31. The number of nitrogens with zero attached hydrogens (tertiary/aromatic N) is 2. The number of thioether (sulfide) groups is 1. The van der Waals surface area contributed by atoms with E-state index in [1.165, 1.54) is 16.3 Å². The van der Waals surface area contributed by atoms with Gasteiger partial charge in [-0.2, -0.15) is 0 Å². The molecule has 2 rings (SSSR count). The van der Waals surface area contributed by atoms with Crippen molar-refractivity contribution in [3.63, 3.8) is 0 Å². The monoisotopic (exact) mass is 327 g/mol. The molecule has 0 saturated carbocycles. The Morgan fingerprint density at radius 3 is 2.86 bits per heavy atom. The minimum Gasteiger partial charge on any atom is -0.397 e. The summed E-state index contributed by atoms with van der Waals surface area (Å²) < 4.78 is 1.34. The number of benzene rings is 1. The summed E-state index contributed by atoms with van der Waals surface area (Å²) >= 11 is 7.00. The number of rotatable bonds is 4. The predicted octanol–water partition coefficient (Wildman–Crippen LogP) is 1.46. The maximum Gasteiger partial charge on any atom is 0.343 e. The van der Waals surface area contributed by atoms with Crippen LogP contribution in [0.25, 0.3) is 0 Å². The number of carbonyl (C=O) groups is 1. The van der Waals surface area contributed by atoms with Gasteiger partial charge in [-0.1, -0.05) is 23.4 Å². The Labute approximate surface area is 129 Å². The molecule has 0 saturated heterocycles. The van der Waals surface area contributed by atoms with Gasteiger partial charge in [0.25, 0.3) is 0 Å². The molecular formula is C12H14ClN5O2S. The highest BCUT2D eigenvalue weighted by molar-refractivity contribution is 8.00. The molecule has 0 aliphatic carbocycles. The highest BCUT2D eigenvalue weighted by Gasteiger charge is 2.18. The molecule has 0 fully saturated rings. The smallest absolute Gasteiger partial charge is 0.343 e. The van der Waals surface area contributed by atoms with Crippen molar-refractivity contribution in [2.24, 2.45) is 7.05 Å². The van der Waals surface area contributed by atoms with E-state index in [4.69, 9.17) is 17.3 Å². The first-order valence-electron chi connectivity index (χ1n) is 6.02. The third-order valence-corrected chi connectivity index (χ3v) is 4.24. The van der Waals surface area contributed by atoms with E-state index in [2.05, 4.69) is 15.5 Å². The first-order valence-corrected chi connectivity index (χ1v) is 7.28. The Kier molecular flexibility index (Phi) is 4.59. The minimum absolute atomic E-state index is 0.225. The minimum atomic E-state index is -0.434. The van der Waals surface area contributed by atoms with Crippen LogP contribution in [0.3, 0.4) is 0 Å². The zero-order valence-corrected chi connectivity index (χ0v) is 13.0. The van der Waals surface area contributed by atoms with Crippen LogP contribution in [0.4, 0.5) is 11.4 Å². The summed E-state index contributed by atoms with van der Waals surface area (Å²) in [6.45, 7) is 1.72. The number of H-pyrrole nitrogens is 1. The lowest BCUT2D eigenvalue weighted by atomic mass is 10.2. The van der Waals surface area contributed by atoms with Gasteiger partial charge < -0.3 is 11.1 Å². The van der Waals surface area contributed by atoms with Crippen molar-refractivity contribution in [2.45, 2.75) is 17.3 Å². The Morgan fingerprint density at radius 2 is 2.29 bits per heavy atom. The first kappa shape index (κ1) is 15.5. The third-order valence-electron chi connectivity index (χ3n) is 2.75. The molecule has 0 aliphatic rings. The number of hydrogen-bond donors (Lipinski definition) is 3. The normalized spacial score (nSPS) is 12.1. The summed E-state index contributed by atoms with van der Waals surface area (Å²) in [7, 11) is 1.58. The topological polar surface area (TPSA) is 106 Å². The molecule has 7 nitrogen and oxygen atoms in total. The van der Waals surface area contributed by atoms with Gasteiger partial charge in [-0.15, -0.1) is 5.10 Å². The molecule has 1 atom stereocenters. The number of hydrogen-bond acceptors (Lipinski definition) is 5. The van der Waals surface area contributed by atoms with Crippen LogP contribution in [0.5, 0.6) is 0 Å². The number of nitrogen functional groups attached to an aromatic ring is 1. The number of anilines is 2. The molecule has 0 bridgehead atoms. The number of nitrogens with two attached hydrogens (primary N) is 1. The SMILES string of the molecule is CC(Sc1n[nH]c(=O)n1C)C(=O)Nc1ccc(Cl)c(N)c1. The van der Waals surface area contributed by atoms with E-state index in [-0.39, 0.29) is 11.6 Å². The lowest BCUT2D eigenvalue weighted by Crippen LogP contribution is -2.23. The van der Waals surface area contributed by atoms with Crippen molar-refractivity contribution in [3.8, 4) is 0 Å². The van der Waals surface area contributed by atoms with Crippen LogP contribution in [-0.4, -0.2) is 25.9 Å². The molecule has 0 aliphatic heterocycles. The van der Waals surface area contributed by atoms with Crippen LogP contribution in [0.2, 0.25) is 5.02 Å². The molecule has 1 aromatic heterocycles. The second-order valence-electron chi connectivity index (χ2n) is 4.36. The fraction of sp³-hybridized carbons (Fsp3) is 0.250. The largest absolute Gasteiger partial charge is 0.397 e. The second kappa shape index (κ2) is 6.23. The van der Waals surface area contributed by atoms with Gasteiger partial charge in [-0.05, 0) is 25.1 Å². The number of carbonyl (C=O) groups excluding carboxylic acids is 1. The van der Waals surface area contributed by atoms with Crippen LogP contribution < -0.4 is 16.7 Å². The lowest BCUT2D eigenvalue weighted by Gasteiger charge is -2.11. The van der Waals surface area contributed by atoms with Crippen molar-refractivity contribution in [3.05, 3.63) is 33.7 Å². The Morgan fingerprint density at radius 1 is 1.57 bits per heavy atom. The highest BCUT2D eigenvalue weighted by Crippen LogP contribution is 2.24. The maximum absolute atomic E-state index is 12.1. The molecule has 21 heavy (non-hydrogen) atoms. The van der Waals surface area contributed by atoms with Gasteiger partial charge in [-0.25, -0.2) is 9.89 Å². The summed E-state index contributed by atoms with van der Waals surface area (Å²) in [4.78, 5) is 23.4. The quantitative estimate of drug-likeness (QED) is 0.582. The number of nitrogens with one attached hydrogen (secondary N) is 2. The van der Waals surface area contributed by atoms with Crippen molar-refractivity contribution in [1.29, 1.82) is 0 Å². The van der Waals surface area contributed by atoms with E-state index in [0.717, 1.165) is 0 Å². The number of aromatic nitrogens is 3. The van der Waals surface area contributed by atoms with Crippen molar-refractivity contribution >= 4 is 40.6 Å². The molecule has 1 amide bonds. The van der Waals surface area contributed by atoms with E-state index >= 15 is 0 Å². The molecular weight excluding hydrogens is 314 g/mol.